The molecule has 0 aromatic heterocycles. The molecule has 0 radical (unpaired) electrons. The Hall–Kier alpha value is -0.310. The predicted octanol–water partition coefficient (Wildman–Crippen LogP) is 3.47. The van der Waals surface area contributed by atoms with Crippen molar-refractivity contribution in [3.05, 3.63) is 0 Å². The van der Waals surface area contributed by atoms with Crippen molar-refractivity contribution in [1.82, 2.24) is 10.6 Å². The lowest BCUT2D eigenvalue weighted by molar-refractivity contribution is 0.438. The van der Waals surface area contributed by atoms with Gasteiger partial charge in [0.1, 0.15) is 0 Å². The fourth-order valence-electron chi connectivity index (χ4n) is 1.57. The van der Waals surface area contributed by atoms with Crippen LogP contribution in [0.25, 0.3) is 0 Å². The second kappa shape index (κ2) is 7.88. The smallest absolute Gasteiger partial charge is 0.166 e. The van der Waals surface area contributed by atoms with Crippen molar-refractivity contribution in [2.45, 2.75) is 65.8 Å². The molecule has 0 saturated carbocycles. The summed E-state index contributed by atoms with van der Waals surface area (Å²) in [6.07, 6.45) is 5.13. The van der Waals surface area contributed by atoms with Crippen LogP contribution in [0.3, 0.4) is 0 Å². The van der Waals surface area contributed by atoms with E-state index in [-0.39, 0.29) is 5.54 Å². The van der Waals surface area contributed by atoms with Crippen molar-refractivity contribution in [2.75, 3.05) is 6.54 Å². The Balaban J connectivity index is 3.79. The lowest BCUT2D eigenvalue weighted by Gasteiger charge is -2.24. The Morgan fingerprint density at radius 2 is 1.88 bits per heavy atom. The maximum absolute atomic E-state index is 5.26. The zero-order valence-electron chi connectivity index (χ0n) is 11.5. The molecule has 2 nitrogen and oxygen atoms in total. The molecule has 16 heavy (non-hydrogen) atoms. The molecule has 0 aromatic carbocycles. The van der Waals surface area contributed by atoms with Gasteiger partial charge >= 0.3 is 0 Å². The summed E-state index contributed by atoms with van der Waals surface area (Å²) in [7, 11) is 0. The molecule has 3 heteroatoms. The van der Waals surface area contributed by atoms with Crippen molar-refractivity contribution in [3.8, 4) is 0 Å². The van der Waals surface area contributed by atoms with Gasteiger partial charge in [0.2, 0.25) is 0 Å². The summed E-state index contributed by atoms with van der Waals surface area (Å²) in [5, 5.41) is 7.37. The molecule has 0 aromatic rings. The quantitative estimate of drug-likeness (QED) is 0.700. The van der Waals surface area contributed by atoms with Gasteiger partial charge in [-0.05, 0) is 45.3 Å². The van der Waals surface area contributed by atoms with Crippen LogP contribution in [0.4, 0.5) is 0 Å². The van der Waals surface area contributed by atoms with Crippen molar-refractivity contribution in [3.63, 3.8) is 0 Å². The number of rotatable bonds is 6. The SMILES string of the molecule is CCCCC(CC)CNC(=S)NC(C)(C)C. The van der Waals surface area contributed by atoms with Gasteiger partial charge in [0.25, 0.3) is 0 Å². The molecule has 1 unspecified atom stereocenters. The Bertz CT molecular complexity index is 197. The van der Waals surface area contributed by atoms with Crippen LogP contribution in [-0.2, 0) is 0 Å². The Morgan fingerprint density at radius 1 is 1.25 bits per heavy atom. The molecule has 96 valence electrons. The summed E-state index contributed by atoms with van der Waals surface area (Å²) in [6.45, 7) is 11.9. The predicted molar refractivity (Wildman–Crippen MR) is 76.8 cm³/mol. The topological polar surface area (TPSA) is 24.1 Å². The minimum Gasteiger partial charge on any atom is -0.362 e. The van der Waals surface area contributed by atoms with E-state index in [0.717, 1.165) is 17.6 Å². The fourth-order valence-corrected chi connectivity index (χ4v) is 1.95. The minimum atomic E-state index is 0.0508. The zero-order valence-corrected chi connectivity index (χ0v) is 12.3. The first-order chi connectivity index (χ1) is 7.39. The van der Waals surface area contributed by atoms with Crippen LogP contribution in [0.2, 0.25) is 0 Å². The van der Waals surface area contributed by atoms with Crippen LogP contribution in [0.1, 0.15) is 60.3 Å². The highest BCUT2D eigenvalue weighted by Crippen LogP contribution is 2.11. The van der Waals surface area contributed by atoms with Gasteiger partial charge in [-0.2, -0.15) is 0 Å². The summed E-state index contributed by atoms with van der Waals surface area (Å²) in [4.78, 5) is 0. The molecule has 0 heterocycles. The maximum Gasteiger partial charge on any atom is 0.166 e. The summed E-state index contributed by atoms with van der Waals surface area (Å²) < 4.78 is 0. The van der Waals surface area contributed by atoms with Crippen molar-refractivity contribution in [2.24, 2.45) is 5.92 Å². The first-order valence-electron chi connectivity index (χ1n) is 6.45. The zero-order chi connectivity index (χ0) is 12.6. The molecular weight excluding hydrogens is 216 g/mol. The van der Waals surface area contributed by atoms with E-state index in [9.17, 15) is 0 Å². The van der Waals surface area contributed by atoms with Crippen LogP contribution in [0.5, 0.6) is 0 Å². The first-order valence-corrected chi connectivity index (χ1v) is 6.85. The van der Waals surface area contributed by atoms with Crippen molar-refractivity contribution < 1.29 is 0 Å². The monoisotopic (exact) mass is 244 g/mol. The van der Waals surface area contributed by atoms with Crippen LogP contribution in [-0.4, -0.2) is 17.2 Å². The van der Waals surface area contributed by atoms with Crippen LogP contribution >= 0.6 is 12.2 Å². The van der Waals surface area contributed by atoms with Gasteiger partial charge < -0.3 is 10.6 Å². The number of hydrogen-bond acceptors (Lipinski definition) is 1. The average Bonchev–Trinajstić information content (AvgIpc) is 2.15. The summed E-state index contributed by atoms with van der Waals surface area (Å²) in [6, 6.07) is 0. The van der Waals surface area contributed by atoms with Gasteiger partial charge in [-0.15, -0.1) is 0 Å². The average molecular weight is 244 g/mol. The van der Waals surface area contributed by atoms with Crippen molar-refractivity contribution >= 4 is 17.3 Å². The standard InChI is InChI=1S/C13H28N2S/c1-6-8-9-11(7-2)10-14-12(16)15-13(3,4)5/h11H,6-10H2,1-5H3,(H2,14,15,16). The second-order valence-electron chi connectivity index (χ2n) is 5.50. The lowest BCUT2D eigenvalue weighted by Crippen LogP contribution is -2.47. The van der Waals surface area contributed by atoms with E-state index in [4.69, 9.17) is 12.2 Å². The van der Waals surface area contributed by atoms with E-state index in [0.29, 0.717) is 0 Å². The van der Waals surface area contributed by atoms with Crippen LogP contribution in [0.15, 0.2) is 0 Å². The molecule has 0 saturated heterocycles. The van der Waals surface area contributed by atoms with Gasteiger partial charge in [-0.25, -0.2) is 0 Å². The van der Waals surface area contributed by atoms with Gasteiger partial charge in [0.05, 0.1) is 0 Å². The Morgan fingerprint density at radius 3 is 2.31 bits per heavy atom. The molecule has 1 atom stereocenters. The van der Waals surface area contributed by atoms with Gasteiger partial charge in [0, 0.05) is 12.1 Å². The molecular formula is C13H28N2S. The lowest BCUT2D eigenvalue weighted by atomic mass is 9.99. The Kier molecular flexibility index (Phi) is 7.73. The van der Waals surface area contributed by atoms with E-state index < -0.39 is 0 Å². The van der Waals surface area contributed by atoms with Gasteiger partial charge in [0.15, 0.2) is 5.11 Å². The fraction of sp³-hybridized carbons (Fsp3) is 0.923. The van der Waals surface area contributed by atoms with Gasteiger partial charge in [-0.3, -0.25) is 0 Å². The van der Waals surface area contributed by atoms with E-state index in [1.165, 1.54) is 25.7 Å². The number of unbranched alkanes of at least 4 members (excludes halogenated alkanes) is 1. The van der Waals surface area contributed by atoms with E-state index in [1.54, 1.807) is 0 Å². The molecule has 0 spiro atoms. The first kappa shape index (κ1) is 15.7. The van der Waals surface area contributed by atoms with Crippen molar-refractivity contribution in [1.29, 1.82) is 0 Å². The van der Waals surface area contributed by atoms with Crippen LogP contribution < -0.4 is 10.6 Å². The Labute approximate surface area is 107 Å². The number of thiocarbonyl (C=S) groups is 1. The molecule has 0 amide bonds. The third-order valence-corrected chi connectivity index (χ3v) is 2.83. The molecule has 0 aliphatic heterocycles. The van der Waals surface area contributed by atoms with E-state index >= 15 is 0 Å². The summed E-state index contributed by atoms with van der Waals surface area (Å²) in [5.74, 6) is 0.750. The van der Waals surface area contributed by atoms with E-state index in [1.807, 2.05) is 0 Å². The highest BCUT2D eigenvalue weighted by molar-refractivity contribution is 7.80. The third-order valence-electron chi connectivity index (χ3n) is 2.58. The van der Waals surface area contributed by atoms with Crippen LogP contribution in [0, 0.1) is 5.92 Å². The summed E-state index contributed by atoms with van der Waals surface area (Å²) >= 11 is 5.26. The third kappa shape index (κ3) is 8.96. The minimum absolute atomic E-state index is 0.0508. The van der Waals surface area contributed by atoms with Gasteiger partial charge in [-0.1, -0.05) is 33.1 Å². The molecule has 0 bridgehead atoms. The molecule has 0 aliphatic rings. The maximum atomic E-state index is 5.26. The summed E-state index contributed by atoms with van der Waals surface area (Å²) in [5.41, 5.74) is 0.0508. The number of hydrogen-bond donors (Lipinski definition) is 2. The molecule has 0 aliphatic carbocycles. The molecule has 2 N–H and O–H groups in total. The van der Waals surface area contributed by atoms with E-state index in [2.05, 4.69) is 45.3 Å². The highest BCUT2D eigenvalue weighted by Gasteiger charge is 2.12. The number of nitrogens with one attached hydrogen (secondary N) is 2. The highest BCUT2D eigenvalue weighted by atomic mass is 32.1. The second-order valence-corrected chi connectivity index (χ2v) is 5.91. The normalized spacial score (nSPS) is 13.3. The largest absolute Gasteiger partial charge is 0.362 e. The molecule has 0 fully saturated rings. The molecule has 0 rings (SSSR count).